The average molecular weight is 203 g/mol. The van der Waals surface area contributed by atoms with Crippen molar-refractivity contribution in [1.82, 2.24) is 0 Å². The molecule has 0 aromatic rings. The van der Waals surface area contributed by atoms with Crippen LogP contribution in [0.3, 0.4) is 0 Å². The summed E-state index contributed by atoms with van der Waals surface area (Å²) in [5.74, 6) is 0. The Labute approximate surface area is 84.4 Å². The molecule has 78 valence electrons. The van der Waals surface area contributed by atoms with Gasteiger partial charge in [-0.3, -0.25) is 0 Å². The summed E-state index contributed by atoms with van der Waals surface area (Å²) in [7, 11) is -1.12. The van der Waals surface area contributed by atoms with Crippen LogP contribution in [-0.2, 0) is 11.0 Å². The van der Waals surface area contributed by atoms with Gasteiger partial charge < -0.3 is 0 Å². The van der Waals surface area contributed by atoms with Crippen molar-refractivity contribution in [3.63, 3.8) is 0 Å². The first-order valence-electron chi connectivity index (χ1n) is 4.66. The van der Waals surface area contributed by atoms with E-state index < -0.39 is 11.0 Å². The summed E-state index contributed by atoms with van der Waals surface area (Å²) < 4.78 is 15.4. The molecule has 0 fully saturated rings. The van der Waals surface area contributed by atoms with Crippen molar-refractivity contribution in [2.45, 2.75) is 52.7 Å². The molecule has 13 heavy (non-hydrogen) atoms. The number of hydrogen-bond acceptors (Lipinski definition) is 1. The molecule has 0 aliphatic carbocycles. The molecule has 0 aliphatic rings. The van der Waals surface area contributed by atoms with E-state index in [1.54, 1.807) is 0 Å². The van der Waals surface area contributed by atoms with Gasteiger partial charge in [-0.15, -0.1) is 0 Å². The zero-order valence-electron chi connectivity index (χ0n) is 9.55. The fourth-order valence-electron chi connectivity index (χ4n) is 0.440. The second kappa shape index (κ2) is 4.36. The lowest BCUT2D eigenvalue weighted by molar-refractivity contribution is 0.516. The summed E-state index contributed by atoms with van der Waals surface area (Å²) in [6.07, 6.45) is 2.83. The molecule has 1 unspecified atom stereocenters. The molecule has 0 bridgehead atoms. The smallest absolute Gasteiger partial charge is 0.144 e. The minimum atomic E-state index is -1.12. The fourth-order valence-corrected chi connectivity index (χ4v) is 1.14. The molecule has 0 radical (unpaired) electrons. The lowest BCUT2D eigenvalue weighted by atomic mass is 9.92. The Kier molecular flexibility index (Phi) is 4.30. The van der Waals surface area contributed by atoms with Crippen LogP contribution in [0.2, 0.25) is 0 Å². The van der Waals surface area contributed by atoms with Gasteiger partial charge in [0.1, 0.15) is 11.0 Å². The van der Waals surface area contributed by atoms with E-state index in [2.05, 4.69) is 25.2 Å². The van der Waals surface area contributed by atoms with Crippen LogP contribution >= 0.6 is 0 Å². The summed E-state index contributed by atoms with van der Waals surface area (Å²) in [5, 5.41) is 0. The lowest BCUT2D eigenvalue weighted by Gasteiger charge is -2.18. The third kappa shape index (κ3) is 5.19. The molecule has 3 heteroatoms. The molecule has 1 atom stereocenters. The van der Waals surface area contributed by atoms with Crippen molar-refractivity contribution in [3.05, 3.63) is 0 Å². The highest BCUT2D eigenvalue weighted by molar-refractivity contribution is 7.85. The van der Waals surface area contributed by atoms with Gasteiger partial charge in [0.15, 0.2) is 0 Å². The third-order valence-electron chi connectivity index (χ3n) is 1.93. The molecule has 0 aromatic heterocycles. The van der Waals surface area contributed by atoms with E-state index in [1.807, 2.05) is 27.0 Å². The van der Waals surface area contributed by atoms with Gasteiger partial charge in [0.2, 0.25) is 0 Å². The van der Waals surface area contributed by atoms with E-state index in [4.69, 9.17) is 0 Å². The van der Waals surface area contributed by atoms with Crippen LogP contribution in [0.5, 0.6) is 0 Å². The van der Waals surface area contributed by atoms with Gasteiger partial charge in [0.05, 0.1) is 4.75 Å². The predicted octanol–water partition coefficient (Wildman–Crippen LogP) is 2.96. The van der Waals surface area contributed by atoms with Gasteiger partial charge in [-0.05, 0) is 27.2 Å². The number of rotatable bonds is 3. The van der Waals surface area contributed by atoms with Crippen molar-refractivity contribution < 1.29 is 4.21 Å². The Morgan fingerprint density at radius 2 is 1.69 bits per heavy atom. The fraction of sp³-hybridized carbons (Fsp3) is 0.900. The maximum absolute atomic E-state index is 11.5. The first-order valence-corrected chi connectivity index (χ1v) is 5.77. The molecule has 0 spiro atoms. The Hall–Kier alpha value is -0.180. The SMILES string of the molecule is CCC(C)(C)/C=N/S(=O)C(C)(C)C. The van der Waals surface area contributed by atoms with Crippen molar-refractivity contribution in [1.29, 1.82) is 0 Å². The summed E-state index contributed by atoms with van der Waals surface area (Å²) in [5.41, 5.74) is 0.0565. The highest BCUT2D eigenvalue weighted by Crippen LogP contribution is 2.18. The Balaban J connectivity index is 4.38. The minimum absolute atomic E-state index is 0.0565. The predicted molar refractivity (Wildman–Crippen MR) is 60.5 cm³/mol. The Morgan fingerprint density at radius 1 is 1.23 bits per heavy atom. The van der Waals surface area contributed by atoms with Gasteiger partial charge in [0.25, 0.3) is 0 Å². The largest absolute Gasteiger partial charge is 0.234 e. The highest BCUT2D eigenvalue weighted by atomic mass is 32.2. The van der Waals surface area contributed by atoms with Gasteiger partial charge in [-0.2, -0.15) is 4.40 Å². The van der Waals surface area contributed by atoms with Crippen LogP contribution < -0.4 is 0 Å². The maximum Gasteiger partial charge on any atom is 0.144 e. The van der Waals surface area contributed by atoms with Crippen LogP contribution in [0.4, 0.5) is 0 Å². The van der Waals surface area contributed by atoms with Crippen LogP contribution in [0.15, 0.2) is 4.40 Å². The van der Waals surface area contributed by atoms with Crippen molar-refractivity contribution in [2.24, 2.45) is 9.81 Å². The second-order valence-corrected chi connectivity index (χ2v) is 6.87. The molecule has 0 amide bonds. The summed E-state index contributed by atoms with van der Waals surface area (Å²) >= 11 is 0. The molecular weight excluding hydrogens is 182 g/mol. The molecular formula is C10H21NOS. The van der Waals surface area contributed by atoms with Crippen LogP contribution in [0, 0.1) is 5.41 Å². The zero-order chi connectivity index (χ0) is 10.7. The summed E-state index contributed by atoms with van der Waals surface area (Å²) in [4.78, 5) is 0. The van der Waals surface area contributed by atoms with Crippen molar-refractivity contribution >= 4 is 17.2 Å². The highest BCUT2D eigenvalue weighted by Gasteiger charge is 2.19. The number of hydrogen-bond donors (Lipinski definition) is 0. The van der Waals surface area contributed by atoms with Crippen LogP contribution in [0.25, 0.3) is 0 Å². The van der Waals surface area contributed by atoms with E-state index >= 15 is 0 Å². The van der Waals surface area contributed by atoms with Gasteiger partial charge >= 0.3 is 0 Å². The lowest BCUT2D eigenvalue weighted by Crippen LogP contribution is -2.21. The molecule has 2 nitrogen and oxygen atoms in total. The van der Waals surface area contributed by atoms with Crippen molar-refractivity contribution in [3.8, 4) is 0 Å². The summed E-state index contributed by atoms with van der Waals surface area (Å²) in [6, 6.07) is 0. The van der Waals surface area contributed by atoms with E-state index in [-0.39, 0.29) is 10.2 Å². The summed E-state index contributed by atoms with van der Waals surface area (Å²) in [6.45, 7) is 12.1. The first-order chi connectivity index (χ1) is 5.69. The standard InChI is InChI=1S/C10H21NOS/c1-7-10(5,6)8-11-13(12)9(2,3)4/h8H,7H2,1-6H3/b11-8+. The van der Waals surface area contributed by atoms with Gasteiger partial charge in [-0.25, -0.2) is 4.21 Å². The van der Waals surface area contributed by atoms with E-state index in [0.717, 1.165) is 6.42 Å². The Morgan fingerprint density at radius 3 is 2.00 bits per heavy atom. The monoisotopic (exact) mass is 203 g/mol. The first kappa shape index (κ1) is 12.8. The van der Waals surface area contributed by atoms with E-state index in [9.17, 15) is 4.21 Å². The average Bonchev–Trinajstić information content (AvgIpc) is 1.98. The third-order valence-corrected chi connectivity index (χ3v) is 3.28. The molecule has 0 saturated carbocycles. The molecule has 0 saturated heterocycles. The van der Waals surface area contributed by atoms with Gasteiger partial charge in [0, 0.05) is 11.6 Å². The Bertz CT molecular complexity index is 213. The molecule has 0 N–H and O–H groups in total. The normalized spacial score (nSPS) is 16.5. The maximum atomic E-state index is 11.5. The van der Waals surface area contributed by atoms with Crippen LogP contribution in [0.1, 0.15) is 48.0 Å². The minimum Gasteiger partial charge on any atom is -0.234 e. The molecule has 0 rings (SSSR count). The van der Waals surface area contributed by atoms with E-state index in [1.165, 1.54) is 0 Å². The van der Waals surface area contributed by atoms with Crippen LogP contribution in [-0.4, -0.2) is 15.2 Å². The number of nitrogens with zero attached hydrogens (tertiary/aromatic N) is 1. The topological polar surface area (TPSA) is 29.4 Å². The van der Waals surface area contributed by atoms with Gasteiger partial charge in [-0.1, -0.05) is 20.8 Å². The molecule has 0 heterocycles. The zero-order valence-corrected chi connectivity index (χ0v) is 10.4. The quantitative estimate of drug-likeness (QED) is 0.648. The second-order valence-electron chi connectivity index (χ2n) is 4.94. The van der Waals surface area contributed by atoms with E-state index in [0.29, 0.717) is 0 Å². The van der Waals surface area contributed by atoms with Crippen molar-refractivity contribution in [2.75, 3.05) is 0 Å². The molecule has 0 aromatic carbocycles. The molecule has 0 aliphatic heterocycles.